The SMILES string of the molecule is CCOCC1=CN(CCCS(=O)(=O)OCCOc2ccc(/C=C/c3ccc(N(C)B(C)O)cc3)cc2)NN1C. The minimum atomic E-state index is -3.64. The predicted octanol–water partition coefficient (Wildman–Crippen LogP) is 3.06. The summed E-state index contributed by atoms with van der Waals surface area (Å²) in [5, 5.41) is 13.4. The number of ether oxygens (including phenoxy) is 2. The van der Waals surface area contributed by atoms with E-state index in [1.54, 1.807) is 11.6 Å². The van der Waals surface area contributed by atoms with Crippen molar-refractivity contribution in [2.45, 2.75) is 20.2 Å². The first-order valence-corrected chi connectivity index (χ1v) is 14.6. The highest BCUT2D eigenvalue weighted by atomic mass is 32.2. The van der Waals surface area contributed by atoms with Gasteiger partial charge in [-0.05, 0) is 62.6 Å². The molecule has 1 aliphatic rings. The van der Waals surface area contributed by atoms with Gasteiger partial charge in [0.15, 0.2) is 0 Å². The van der Waals surface area contributed by atoms with Crippen molar-refractivity contribution in [2.24, 2.45) is 0 Å². The molecule has 1 aliphatic heterocycles. The number of anilines is 1. The van der Waals surface area contributed by atoms with E-state index < -0.39 is 17.2 Å². The summed E-state index contributed by atoms with van der Waals surface area (Å²) in [5.41, 5.74) is 7.09. The van der Waals surface area contributed by atoms with Crippen molar-refractivity contribution in [1.29, 1.82) is 0 Å². The highest BCUT2D eigenvalue weighted by Gasteiger charge is 2.18. The lowest BCUT2D eigenvalue weighted by atomic mass is 9.85. The first kappa shape index (κ1) is 30.5. The molecule has 2 aromatic carbocycles. The predicted molar refractivity (Wildman–Crippen MR) is 156 cm³/mol. The van der Waals surface area contributed by atoms with Crippen LogP contribution >= 0.6 is 0 Å². The Bertz CT molecular complexity index is 1190. The third-order valence-corrected chi connectivity index (χ3v) is 7.40. The molecule has 212 valence electrons. The molecular weight excluding hydrogens is 519 g/mol. The second-order valence-electron chi connectivity index (χ2n) is 9.13. The third-order valence-electron chi connectivity index (χ3n) is 6.09. The smallest absolute Gasteiger partial charge is 0.409 e. The van der Waals surface area contributed by atoms with Crippen molar-refractivity contribution in [1.82, 2.24) is 15.6 Å². The maximum absolute atomic E-state index is 12.2. The first-order chi connectivity index (χ1) is 18.7. The van der Waals surface area contributed by atoms with E-state index in [0.717, 1.165) is 22.5 Å². The molecule has 0 fully saturated rings. The van der Waals surface area contributed by atoms with E-state index in [4.69, 9.17) is 13.7 Å². The minimum Gasteiger partial charge on any atom is -0.491 e. The maximum Gasteiger partial charge on any atom is 0.409 e. The number of benzene rings is 2. The molecule has 0 atom stereocenters. The van der Waals surface area contributed by atoms with E-state index in [2.05, 4.69) is 5.53 Å². The zero-order valence-electron chi connectivity index (χ0n) is 23.1. The van der Waals surface area contributed by atoms with Crippen molar-refractivity contribution >= 4 is 35.0 Å². The normalized spacial score (nSPS) is 13.7. The number of hydrazine groups is 2. The van der Waals surface area contributed by atoms with Gasteiger partial charge in [0, 0.05) is 32.1 Å². The second-order valence-corrected chi connectivity index (χ2v) is 10.9. The lowest BCUT2D eigenvalue weighted by molar-refractivity contribution is 0.117. The summed E-state index contributed by atoms with van der Waals surface area (Å²) in [6.45, 7) is 5.39. The summed E-state index contributed by atoms with van der Waals surface area (Å²) in [5.74, 6) is 0.558. The van der Waals surface area contributed by atoms with Crippen molar-refractivity contribution in [3.63, 3.8) is 0 Å². The number of hydrogen-bond acceptors (Lipinski definition) is 10. The minimum absolute atomic E-state index is 0.0483. The van der Waals surface area contributed by atoms with Crippen LogP contribution in [-0.4, -0.2) is 83.3 Å². The Labute approximate surface area is 232 Å². The highest BCUT2D eigenvalue weighted by Crippen LogP contribution is 2.18. The third kappa shape index (κ3) is 10.2. The van der Waals surface area contributed by atoms with Crippen LogP contribution < -0.4 is 15.1 Å². The second kappa shape index (κ2) is 14.9. The van der Waals surface area contributed by atoms with Gasteiger partial charge >= 0.3 is 7.05 Å². The van der Waals surface area contributed by atoms with Gasteiger partial charge < -0.3 is 19.3 Å². The maximum atomic E-state index is 12.2. The van der Waals surface area contributed by atoms with Gasteiger partial charge in [0.2, 0.25) is 0 Å². The summed E-state index contributed by atoms with van der Waals surface area (Å²) in [7, 11) is -0.462. The van der Waals surface area contributed by atoms with E-state index in [1.165, 1.54) is 0 Å². The van der Waals surface area contributed by atoms with E-state index in [-0.39, 0.29) is 19.0 Å². The number of likely N-dealkylation sites (N-methyl/N-ethyl adjacent to an activating group) is 1. The topological polar surface area (TPSA) is 104 Å². The van der Waals surface area contributed by atoms with Crippen molar-refractivity contribution in [3.05, 3.63) is 71.6 Å². The van der Waals surface area contributed by atoms with Gasteiger partial charge in [-0.2, -0.15) is 8.42 Å². The lowest BCUT2D eigenvalue weighted by Crippen LogP contribution is -2.39. The van der Waals surface area contributed by atoms with Crippen LogP contribution in [0.5, 0.6) is 5.75 Å². The van der Waals surface area contributed by atoms with Crippen LogP contribution in [-0.2, 0) is 19.0 Å². The van der Waals surface area contributed by atoms with Gasteiger partial charge in [-0.25, -0.2) is 0 Å². The quantitative estimate of drug-likeness (QED) is 0.138. The van der Waals surface area contributed by atoms with Crippen molar-refractivity contribution < 1.29 is 27.1 Å². The van der Waals surface area contributed by atoms with Crippen LogP contribution in [0.4, 0.5) is 5.69 Å². The Hall–Kier alpha value is -3.03. The van der Waals surface area contributed by atoms with Crippen LogP contribution in [0, 0.1) is 0 Å². The summed E-state index contributed by atoms with van der Waals surface area (Å²) in [6, 6.07) is 15.4. The fourth-order valence-corrected chi connectivity index (χ4v) is 4.63. The fourth-order valence-electron chi connectivity index (χ4n) is 3.70. The molecule has 1 heterocycles. The molecule has 10 nitrogen and oxygen atoms in total. The molecule has 0 saturated heterocycles. The average molecular weight is 559 g/mol. The van der Waals surface area contributed by atoms with Gasteiger partial charge in [0.05, 0.1) is 18.1 Å². The van der Waals surface area contributed by atoms with Gasteiger partial charge in [-0.1, -0.05) is 36.4 Å². The van der Waals surface area contributed by atoms with E-state index in [0.29, 0.717) is 31.9 Å². The highest BCUT2D eigenvalue weighted by molar-refractivity contribution is 7.86. The molecule has 0 aliphatic carbocycles. The lowest BCUT2D eigenvalue weighted by Gasteiger charge is -2.20. The molecule has 0 amide bonds. The van der Waals surface area contributed by atoms with E-state index >= 15 is 0 Å². The molecule has 0 unspecified atom stereocenters. The summed E-state index contributed by atoms with van der Waals surface area (Å²) in [6.07, 6.45) is 6.34. The Morgan fingerprint density at radius 2 is 1.69 bits per heavy atom. The number of hydrogen-bond donors (Lipinski definition) is 2. The summed E-state index contributed by atoms with van der Waals surface area (Å²) < 4.78 is 40.6. The molecule has 0 spiro atoms. The zero-order valence-corrected chi connectivity index (χ0v) is 23.9. The largest absolute Gasteiger partial charge is 0.491 e. The molecule has 2 N–H and O–H groups in total. The first-order valence-electron chi connectivity index (χ1n) is 13.0. The zero-order chi connectivity index (χ0) is 28.3. The van der Waals surface area contributed by atoms with E-state index in [9.17, 15) is 13.4 Å². The molecule has 0 saturated carbocycles. The summed E-state index contributed by atoms with van der Waals surface area (Å²) >= 11 is 0. The van der Waals surface area contributed by atoms with Crippen LogP contribution in [0.3, 0.4) is 0 Å². The Morgan fingerprint density at radius 1 is 1.05 bits per heavy atom. The monoisotopic (exact) mass is 558 g/mol. The van der Waals surface area contributed by atoms with Crippen LogP contribution in [0.1, 0.15) is 24.5 Å². The molecule has 3 rings (SSSR count). The molecule has 0 aromatic heterocycles. The molecule has 39 heavy (non-hydrogen) atoms. The van der Waals surface area contributed by atoms with Crippen LogP contribution in [0.25, 0.3) is 12.2 Å². The van der Waals surface area contributed by atoms with Crippen molar-refractivity contribution in [2.75, 3.05) is 57.6 Å². The number of nitrogens with zero attached hydrogens (tertiary/aromatic N) is 3. The average Bonchev–Trinajstić information content (AvgIpc) is 3.27. The van der Waals surface area contributed by atoms with Crippen LogP contribution in [0.15, 0.2) is 60.4 Å². The van der Waals surface area contributed by atoms with Gasteiger partial charge in [-0.3, -0.25) is 14.2 Å². The summed E-state index contributed by atoms with van der Waals surface area (Å²) in [4.78, 5) is 1.79. The molecule has 12 heteroatoms. The van der Waals surface area contributed by atoms with Gasteiger partial charge in [0.25, 0.3) is 10.1 Å². The van der Waals surface area contributed by atoms with Gasteiger partial charge in [0.1, 0.15) is 19.0 Å². The molecule has 2 aromatic rings. The standard InChI is InChI=1S/C27H39BN4O6S/c1-5-36-22-26-21-32(29-31(26)4)17-6-20-39(34,35)38-19-18-37-27-15-11-24(12-16-27)8-7-23-9-13-25(14-10-23)30(3)28(2)33/h7-16,21,29,33H,5-6,17-20,22H2,1-4H3/b8-7+. The Kier molecular flexibility index (Phi) is 11.7. The van der Waals surface area contributed by atoms with E-state index in [1.807, 2.05) is 97.9 Å². The van der Waals surface area contributed by atoms with Gasteiger partial charge in [-0.15, -0.1) is 5.53 Å². The molecule has 0 radical (unpaired) electrons. The molecular formula is C27H39BN4O6S. The number of nitrogens with one attached hydrogen (secondary N) is 1. The molecule has 0 bridgehead atoms. The Balaban J connectivity index is 1.35. The number of rotatable bonds is 16. The Morgan fingerprint density at radius 3 is 2.31 bits per heavy atom. The fraction of sp³-hybridized carbons (Fsp3) is 0.407. The van der Waals surface area contributed by atoms with Crippen molar-refractivity contribution in [3.8, 4) is 5.75 Å². The van der Waals surface area contributed by atoms with Crippen LogP contribution in [0.2, 0.25) is 6.82 Å².